The first kappa shape index (κ1) is 14.0. The highest BCUT2D eigenvalue weighted by molar-refractivity contribution is 7.12. The lowest BCUT2D eigenvalue weighted by Crippen LogP contribution is -2.44. The molecule has 0 amide bonds. The number of carbonyl (C=O) groups excluding carboxylic acids is 1. The van der Waals surface area contributed by atoms with Crippen LogP contribution in [0.1, 0.15) is 49.2 Å². The average molecular weight is 287 g/mol. The van der Waals surface area contributed by atoms with Crippen molar-refractivity contribution in [2.75, 3.05) is 6.61 Å². The lowest BCUT2D eigenvalue weighted by Gasteiger charge is -2.37. The molecule has 0 saturated heterocycles. The molecule has 1 heterocycles. The zero-order valence-corrected chi connectivity index (χ0v) is 12.4. The van der Waals surface area contributed by atoms with Crippen molar-refractivity contribution >= 4 is 28.7 Å². The molecule has 1 aromatic heterocycles. The van der Waals surface area contributed by atoms with Crippen LogP contribution in [0.4, 0.5) is 0 Å². The first-order valence-electron chi connectivity index (χ1n) is 6.51. The Kier molecular flexibility index (Phi) is 4.46. The predicted molar refractivity (Wildman–Crippen MR) is 75.6 cm³/mol. The van der Waals surface area contributed by atoms with Gasteiger partial charge in [-0.15, -0.1) is 11.3 Å². The van der Waals surface area contributed by atoms with Gasteiger partial charge in [0, 0.05) is 6.61 Å². The zero-order chi connectivity index (χ0) is 13.2. The fourth-order valence-electron chi connectivity index (χ4n) is 2.60. The second-order valence-electron chi connectivity index (χ2n) is 5.04. The van der Waals surface area contributed by atoms with Crippen molar-refractivity contribution in [2.24, 2.45) is 5.92 Å². The molecule has 0 aromatic carbocycles. The van der Waals surface area contributed by atoms with E-state index in [4.69, 9.17) is 16.3 Å². The van der Waals surface area contributed by atoms with Gasteiger partial charge in [-0.25, -0.2) is 0 Å². The minimum absolute atomic E-state index is 0.0799. The fourth-order valence-corrected chi connectivity index (χ4v) is 3.78. The van der Waals surface area contributed by atoms with E-state index in [-0.39, 0.29) is 5.78 Å². The van der Waals surface area contributed by atoms with E-state index in [2.05, 4.69) is 6.92 Å². The maximum atomic E-state index is 12.7. The van der Waals surface area contributed by atoms with Gasteiger partial charge in [0.25, 0.3) is 0 Å². The Hall–Kier alpha value is -0.380. The normalized spacial score (nSPS) is 28.3. The first-order valence-corrected chi connectivity index (χ1v) is 7.76. The van der Waals surface area contributed by atoms with Crippen LogP contribution in [0.3, 0.4) is 0 Å². The van der Waals surface area contributed by atoms with E-state index in [1.165, 1.54) is 11.3 Å². The predicted octanol–water partition coefficient (Wildman–Crippen LogP) is 4.57. The number of hydrogen-bond donors (Lipinski definition) is 0. The van der Waals surface area contributed by atoms with E-state index in [0.717, 1.165) is 25.7 Å². The van der Waals surface area contributed by atoms with Crippen molar-refractivity contribution in [3.63, 3.8) is 0 Å². The largest absolute Gasteiger partial charge is 0.367 e. The Labute approximate surface area is 117 Å². The third kappa shape index (κ3) is 2.63. The summed E-state index contributed by atoms with van der Waals surface area (Å²) in [6.45, 7) is 4.75. The Bertz CT molecular complexity index is 419. The summed E-state index contributed by atoms with van der Waals surface area (Å²) in [6, 6.07) is 1.78. The lowest BCUT2D eigenvalue weighted by molar-refractivity contribution is -0.0471. The van der Waals surface area contributed by atoms with E-state index in [1.807, 2.05) is 12.3 Å². The summed E-state index contributed by atoms with van der Waals surface area (Å²) >= 11 is 7.49. The number of ether oxygens (including phenoxy) is 1. The van der Waals surface area contributed by atoms with Crippen LogP contribution in [0, 0.1) is 5.92 Å². The van der Waals surface area contributed by atoms with Gasteiger partial charge in [-0.3, -0.25) is 4.79 Å². The molecule has 0 N–H and O–H groups in total. The number of thiophene rings is 1. The van der Waals surface area contributed by atoms with Crippen LogP contribution in [0.2, 0.25) is 5.02 Å². The minimum atomic E-state index is -0.629. The maximum absolute atomic E-state index is 12.7. The highest BCUT2D eigenvalue weighted by atomic mass is 35.5. The smallest absolute Gasteiger partial charge is 0.206 e. The van der Waals surface area contributed by atoms with Gasteiger partial charge in [0.1, 0.15) is 5.60 Å². The summed E-state index contributed by atoms with van der Waals surface area (Å²) in [6.07, 6.45) is 3.73. The molecule has 18 heavy (non-hydrogen) atoms. The summed E-state index contributed by atoms with van der Waals surface area (Å²) in [7, 11) is 0. The molecule has 0 radical (unpaired) electrons. The topological polar surface area (TPSA) is 26.3 Å². The van der Waals surface area contributed by atoms with Gasteiger partial charge >= 0.3 is 0 Å². The highest BCUT2D eigenvalue weighted by Crippen LogP contribution is 2.39. The SMILES string of the molecule is CCOC1(C(=O)c2sccc2Cl)CCC(C)CC1. The number of hydrogen-bond acceptors (Lipinski definition) is 3. The molecule has 2 rings (SSSR count). The van der Waals surface area contributed by atoms with Crippen molar-refractivity contribution < 1.29 is 9.53 Å². The quantitative estimate of drug-likeness (QED) is 0.758. The molecule has 1 saturated carbocycles. The number of ketones is 1. The Morgan fingerprint density at radius 2 is 2.22 bits per heavy atom. The minimum Gasteiger partial charge on any atom is -0.367 e. The maximum Gasteiger partial charge on any atom is 0.206 e. The van der Waals surface area contributed by atoms with Crippen LogP contribution in [0.5, 0.6) is 0 Å². The van der Waals surface area contributed by atoms with Crippen LogP contribution < -0.4 is 0 Å². The van der Waals surface area contributed by atoms with Gasteiger partial charge < -0.3 is 4.74 Å². The second kappa shape index (κ2) is 5.72. The van der Waals surface area contributed by atoms with Crippen molar-refractivity contribution in [1.29, 1.82) is 0 Å². The lowest BCUT2D eigenvalue weighted by atomic mass is 9.76. The van der Waals surface area contributed by atoms with E-state index in [1.54, 1.807) is 6.07 Å². The Balaban J connectivity index is 2.25. The third-order valence-electron chi connectivity index (χ3n) is 3.74. The number of carbonyl (C=O) groups is 1. The van der Waals surface area contributed by atoms with Crippen molar-refractivity contribution in [1.82, 2.24) is 0 Å². The van der Waals surface area contributed by atoms with Crippen molar-refractivity contribution in [2.45, 2.75) is 45.1 Å². The Morgan fingerprint density at radius 1 is 1.56 bits per heavy atom. The van der Waals surface area contributed by atoms with E-state index in [9.17, 15) is 4.79 Å². The van der Waals surface area contributed by atoms with E-state index >= 15 is 0 Å². The van der Waals surface area contributed by atoms with E-state index < -0.39 is 5.60 Å². The molecule has 1 aliphatic carbocycles. The average Bonchev–Trinajstić information content (AvgIpc) is 2.78. The molecule has 0 bridgehead atoms. The van der Waals surface area contributed by atoms with Crippen LogP contribution >= 0.6 is 22.9 Å². The van der Waals surface area contributed by atoms with Crippen LogP contribution in [-0.4, -0.2) is 18.0 Å². The standard InChI is InChI=1S/C14H19ClO2S/c1-3-17-14(7-4-10(2)5-8-14)13(16)12-11(15)6-9-18-12/h6,9-10H,3-5,7-8H2,1-2H3. The van der Waals surface area contributed by atoms with Crippen molar-refractivity contribution in [3.05, 3.63) is 21.3 Å². The molecular formula is C14H19ClO2S. The first-order chi connectivity index (χ1) is 8.59. The zero-order valence-electron chi connectivity index (χ0n) is 10.9. The molecule has 1 aliphatic rings. The molecule has 100 valence electrons. The van der Waals surface area contributed by atoms with Gasteiger partial charge in [0.2, 0.25) is 5.78 Å². The molecule has 2 nitrogen and oxygen atoms in total. The summed E-state index contributed by atoms with van der Waals surface area (Å²) in [5.41, 5.74) is -0.629. The highest BCUT2D eigenvalue weighted by Gasteiger charge is 2.43. The van der Waals surface area contributed by atoms with E-state index in [0.29, 0.717) is 22.4 Å². The molecule has 1 fully saturated rings. The number of Topliss-reactive ketones (excluding diaryl/α,β-unsaturated/α-hetero) is 1. The molecule has 0 spiro atoms. The number of rotatable bonds is 4. The van der Waals surface area contributed by atoms with Gasteiger partial charge in [-0.1, -0.05) is 18.5 Å². The van der Waals surface area contributed by atoms with Crippen LogP contribution in [-0.2, 0) is 4.74 Å². The van der Waals surface area contributed by atoms with Gasteiger partial charge in [0.15, 0.2) is 0 Å². The summed E-state index contributed by atoms with van der Waals surface area (Å²) in [4.78, 5) is 13.4. The number of halogens is 1. The fraction of sp³-hybridized carbons (Fsp3) is 0.643. The Morgan fingerprint density at radius 3 is 2.72 bits per heavy atom. The second-order valence-corrected chi connectivity index (χ2v) is 6.36. The molecule has 4 heteroatoms. The molecular weight excluding hydrogens is 268 g/mol. The molecule has 0 aliphatic heterocycles. The van der Waals surface area contributed by atoms with Crippen LogP contribution in [0.25, 0.3) is 0 Å². The third-order valence-corrected chi connectivity index (χ3v) is 5.08. The molecule has 0 atom stereocenters. The monoisotopic (exact) mass is 286 g/mol. The summed E-state index contributed by atoms with van der Waals surface area (Å²) < 4.78 is 5.86. The molecule has 0 unspecified atom stereocenters. The van der Waals surface area contributed by atoms with Crippen LogP contribution in [0.15, 0.2) is 11.4 Å². The van der Waals surface area contributed by atoms with Gasteiger partial charge in [-0.2, -0.15) is 0 Å². The summed E-state index contributed by atoms with van der Waals surface area (Å²) in [5.74, 6) is 0.765. The van der Waals surface area contributed by atoms with Gasteiger partial charge in [-0.05, 0) is 50.0 Å². The van der Waals surface area contributed by atoms with Crippen molar-refractivity contribution in [3.8, 4) is 0 Å². The summed E-state index contributed by atoms with van der Waals surface area (Å²) in [5, 5.41) is 2.42. The molecule has 1 aromatic rings. The van der Waals surface area contributed by atoms with Gasteiger partial charge in [0.05, 0.1) is 9.90 Å².